The van der Waals surface area contributed by atoms with Crippen LogP contribution in [0.4, 0.5) is 0 Å². The van der Waals surface area contributed by atoms with Crippen LogP contribution in [0.2, 0.25) is 0 Å². The van der Waals surface area contributed by atoms with Crippen molar-refractivity contribution in [3.8, 4) is 5.75 Å². The van der Waals surface area contributed by atoms with E-state index in [-0.39, 0.29) is 32.0 Å². The van der Waals surface area contributed by atoms with Gasteiger partial charge >= 0.3 is 13.6 Å². The van der Waals surface area contributed by atoms with Gasteiger partial charge in [0.05, 0.1) is 26.9 Å². The molecule has 0 aliphatic carbocycles. The first-order valence-corrected chi connectivity index (χ1v) is 9.75. The Hall–Kier alpha value is -1.69. The number of carbonyl (C=O) groups is 2. The van der Waals surface area contributed by atoms with Gasteiger partial charge in [0.1, 0.15) is 5.75 Å². The van der Waals surface area contributed by atoms with Crippen molar-refractivity contribution in [3.05, 3.63) is 29.8 Å². The van der Waals surface area contributed by atoms with E-state index in [0.29, 0.717) is 11.3 Å². The first-order valence-electron chi connectivity index (χ1n) is 8.14. The standard InChI is InChI=1S/C17H25O7P/c1-5-22-17(19)16(25(20,23-6-2)24-7-3)12-15(18)13-8-10-14(21-4)11-9-13/h8-11,16H,5-7,12H2,1-4H3. The van der Waals surface area contributed by atoms with Crippen LogP contribution in [0.5, 0.6) is 5.75 Å². The summed E-state index contributed by atoms with van der Waals surface area (Å²) in [6.07, 6.45) is -0.331. The molecule has 0 radical (unpaired) electrons. The Balaban J connectivity index is 3.08. The van der Waals surface area contributed by atoms with Gasteiger partial charge in [0.2, 0.25) is 0 Å². The second-order valence-corrected chi connectivity index (χ2v) is 7.22. The minimum atomic E-state index is -3.83. The van der Waals surface area contributed by atoms with Crippen LogP contribution in [0.15, 0.2) is 24.3 Å². The highest BCUT2D eigenvalue weighted by molar-refractivity contribution is 7.55. The Morgan fingerprint density at radius 3 is 2.00 bits per heavy atom. The zero-order valence-corrected chi connectivity index (χ0v) is 15.9. The predicted molar refractivity (Wildman–Crippen MR) is 93.2 cm³/mol. The van der Waals surface area contributed by atoms with E-state index in [1.165, 1.54) is 7.11 Å². The van der Waals surface area contributed by atoms with E-state index in [9.17, 15) is 14.2 Å². The molecule has 0 spiro atoms. The van der Waals surface area contributed by atoms with Gasteiger partial charge in [-0.3, -0.25) is 14.2 Å². The lowest BCUT2D eigenvalue weighted by Gasteiger charge is -2.24. The molecule has 140 valence electrons. The average molecular weight is 372 g/mol. The lowest BCUT2D eigenvalue weighted by molar-refractivity contribution is -0.143. The number of carbonyl (C=O) groups excluding carboxylic acids is 2. The molecule has 1 aromatic carbocycles. The number of rotatable bonds is 11. The second kappa shape index (κ2) is 10.3. The summed E-state index contributed by atoms with van der Waals surface area (Å²) in [5.74, 6) is -0.525. The molecule has 1 unspecified atom stereocenters. The summed E-state index contributed by atoms with van der Waals surface area (Å²) in [6.45, 7) is 5.18. The highest BCUT2D eigenvalue weighted by Crippen LogP contribution is 2.54. The number of hydrogen-bond donors (Lipinski definition) is 0. The maximum atomic E-state index is 13.0. The molecule has 0 bridgehead atoms. The lowest BCUT2D eigenvalue weighted by Crippen LogP contribution is -2.28. The largest absolute Gasteiger partial charge is 0.497 e. The molecule has 1 rings (SSSR count). The molecular weight excluding hydrogens is 347 g/mol. The molecule has 25 heavy (non-hydrogen) atoms. The normalized spacial score (nSPS) is 12.5. The summed E-state index contributed by atoms with van der Waals surface area (Å²) in [6, 6.07) is 6.43. The monoisotopic (exact) mass is 372 g/mol. The van der Waals surface area contributed by atoms with Crippen molar-refractivity contribution in [2.24, 2.45) is 0 Å². The summed E-state index contributed by atoms with van der Waals surface area (Å²) in [7, 11) is -2.30. The van der Waals surface area contributed by atoms with Gasteiger partial charge < -0.3 is 18.5 Å². The topological polar surface area (TPSA) is 88.1 Å². The van der Waals surface area contributed by atoms with E-state index in [0.717, 1.165) is 0 Å². The van der Waals surface area contributed by atoms with E-state index in [2.05, 4.69) is 0 Å². The van der Waals surface area contributed by atoms with Crippen molar-refractivity contribution in [2.75, 3.05) is 26.9 Å². The van der Waals surface area contributed by atoms with Crippen LogP contribution >= 0.6 is 7.60 Å². The minimum Gasteiger partial charge on any atom is -0.497 e. The van der Waals surface area contributed by atoms with Crippen LogP contribution in [0.3, 0.4) is 0 Å². The molecule has 0 N–H and O–H groups in total. The predicted octanol–water partition coefficient (Wildman–Crippen LogP) is 3.47. The van der Waals surface area contributed by atoms with Crippen LogP contribution in [-0.2, 0) is 23.1 Å². The van der Waals surface area contributed by atoms with Crippen LogP contribution < -0.4 is 4.74 Å². The molecule has 8 heteroatoms. The summed E-state index contributed by atoms with van der Waals surface area (Å²) in [4.78, 5) is 24.8. The van der Waals surface area contributed by atoms with Gasteiger partial charge in [-0.25, -0.2) is 0 Å². The number of hydrogen-bond acceptors (Lipinski definition) is 7. The van der Waals surface area contributed by atoms with Gasteiger partial charge in [-0.05, 0) is 45.0 Å². The van der Waals surface area contributed by atoms with Crippen molar-refractivity contribution in [3.63, 3.8) is 0 Å². The van der Waals surface area contributed by atoms with Gasteiger partial charge in [-0.15, -0.1) is 0 Å². The zero-order chi connectivity index (χ0) is 18.9. The van der Waals surface area contributed by atoms with Crippen molar-refractivity contribution in [1.82, 2.24) is 0 Å². The van der Waals surface area contributed by atoms with Crippen molar-refractivity contribution in [1.29, 1.82) is 0 Å². The maximum Gasteiger partial charge on any atom is 0.345 e. The Kier molecular flexibility index (Phi) is 8.83. The van der Waals surface area contributed by atoms with Crippen molar-refractivity contribution >= 4 is 19.3 Å². The molecular formula is C17H25O7P. The number of ketones is 1. The highest BCUT2D eigenvalue weighted by Gasteiger charge is 2.43. The van der Waals surface area contributed by atoms with E-state index >= 15 is 0 Å². The Bertz CT molecular complexity index is 602. The Morgan fingerprint density at radius 1 is 1.00 bits per heavy atom. The van der Waals surface area contributed by atoms with Crippen LogP contribution in [0.1, 0.15) is 37.6 Å². The molecule has 0 amide bonds. The van der Waals surface area contributed by atoms with E-state index in [4.69, 9.17) is 18.5 Å². The van der Waals surface area contributed by atoms with E-state index < -0.39 is 19.2 Å². The second-order valence-electron chi connectivity index (χ2n) is 5.00. The van der Waals surface area contributed by atoms with Gasteiger partial charge in [0, 0.05) is 12.0 Å². The number of methoxy groups -OCH3 is 1. The third kappa shape index (κ3) is 5.96. The highest BCUT2D eigenvalue weighted by atomic mass is 31.2. The van der Waals surface area contributed by atoms with Crippen LogP contribution in [-0.4, -0.2) is 44.3 Å². The number of benzene rings is 1. The fourth-order valence-corrected chi connectivity index (χ4v) is 4.09. The van der Waals surface area contributed by atoms with Gasteiger partial charge in [-0.1, -0.05) is 0 Å². The molecule has 0 aromatic heterocycles. The summed E-state index contributed by atoms with van der Waals surface area (Å²) < 4.78 is 33.5. The smallest absolute Gasteiger partial charge is 0.345 e. The zero-order valence-electron chi connectivity index (χ0n) is 15.0. The molecule has 0 heterocycles. The van der Waals surface area contributed by atoms with Crippen LogP contribution in [0.25, 0.3) is 0 Å². The third-order valence-corrected chi connectivity index (χ3v) is 5.74. The molecule has 1 aromatic rings. The Labute approximate surface area is 148 Å². The number of ether oxygens (including phenoxy) is 2. The molecule has 7 nitrogen and oxygen atoms in total. The number of esters is 1. The van der Waals surface area contributed by atoms with Gasteiger partial charge in [-0.2, -0.15) is 0 Å². The average Bonchev–Trinajstić information content (AvgIpc) is 2.60. The quantitative estimate of drug-likeness (QED) is 0.334. The molecule has 0 aliphatic heterocycles. The Morgan fingerprint density at radius 2 is 1.56 bits per heavy atom. The molecule has 0 fully saturated rings. The molecule has 0 aliphatic rings. The fraction of sp³-hybridized carbons (Fsp3) is 0.529. The summed E-state index contributed by atoms with van der Waals surface area (Å²) in [5.41, 5.74) is -0.934. The van der Waals surface area contributed by atoms with Crippen LogP contribution in [0, 0.1) is 0 Å². The third-order valence-electron chi connectivity index (χ3n) is 3.35. The molecule has 1 atom stereocenters. The number of Topliss-reactive ketones (excluding diaryl/α,β-unsaturated/α-hetero) is 1. The fourth-order valence-electron chi connectivity index (χ4n) is 2.21. The molecule has 0 saturated carbocycles. The molecule has 0 saturated heterocycles. The van der Waals surface area contributed by atoms with Crippen molar-refractivity contribution in [2.45, 2.75) is 32.9 Å². The minimum absolute atomic E-state index is 0.0872. The van der Waals surface area contributed by atoms with E-state index in [1.54, 1.807) is 45.0 Å². The lowest BCUT2D eigenvalue weighted by atomic mass is 10.1. The van der Waals surface area contributed by atoms with Gasteiger partial charge in [0.15, 0.2) is 11.4 Å². The SMILES string of the molecule is CCOC(=O)C(CC(=O)c1ccc(OC)cc1)P(=O)(OCC)OCC. The summed E-state index contributed by atoms with van der Waals surface area (Å²) in [5, 5.41) is 0. The first kappa shape index (κ1) is 21.4. The van der Waals surface area contributed by atoms with Gasteiger partial charge in [0.25, 0.3) is 0 Å². The van der Waals surface area contributed by atoms with Crippen molar-refractivity contribution < 1.29 is 32.7 Å². The summed E-state index contributed by atoms with van der Waals surface area (Å²) >= 11 is 0. The van der Waals surface area contributed by atoms with E-state index in [1.807, 2.05) is 0 Å². The first-order chi connectivity index (χ1) is 11.9. The maximum absolute atomic E-state index is 13.0.